The molecule has 0 aromatic heterocycles. The molecule has 1 rings (SSSR count). The maximum atomic E-state index is 12.1. The van der Waals surface area contributed by atoms with Crippen LogP contribution < -0.4 is 4.90 Å². The number of benzene rings is 1. The number of amides is 1. The molecular formula is C15H18ClNO5. The topological polar surface area (TPSA) is 72.9 Å². The number of nitrogens with zero attached hydrogens (tertiary/aromatic N) is 1. The molecule has 0 spiro atoms. The van der Waals surface area contributed by atoms with Gasteiger partial charge in [0, 0.05) is 5.69 Å². The van der Waals surface area contributed by atoms with Crippen LogP contribution in [0.2, 0.25) is 0 Å². The van der Waals surface area contributed by atoms with Crippen LogP contribution in [0.3, 0.4) is 0 Å². The Morgan fingerprint density at radius 3 is 1.95 bits per heavy atom. The highest BCUT2D eigenvalue weighted by molar-refractivity contribution is 6.30. The van der Waals surface area contributed by atoms with Gasteiger partial charge in [0.25, 0.3) is 0 Å². The highest BCUT2D eigenvalue weighted by Crippen LogP contribution is 2.19. The van der Waals surface area contributed by atoms with E-state index in [2.05, 4.69) is 0 Å². The summed E-state index contributed by atoms with van der Waals surface area (Å²) in [5.74, 6) is -2.70. The maximum absolute atomic E-state index is 12.1. The summed E-state index contributed by atoms with van der Waals surface area (Å²) in [6, 6.07) is 6.77. The Balaban J connectivity index is 3.26. The number of anilines is 1. The van der Waals surface area contributed by atoms with Gasteiger partial charge in [-0.15, -0.1) is 11.6 Å². The minimum absolute atomic E-state index is 0.0758. The molecule has 1 aromatic rings. The van der Waals surface area contributed by atoms with E-state index < -0.39 is 23.9 Å². The predicted octanol–water partition coefficient (Wildman–Crippen LogP) is 1.75. The molecule has 7 heteroatoms. The third kappa shape index (κ3) is 4.46. The SMILES string of the molecule is CCOC(=O)C(C(=O)OCC)N(C(=O)CCl)c1ccccc1. The van der Waals surface area contributed by atoms with Gasteiger partial charge in [-0.25, -0.2) is 9.59 Å². The lowest BCUT2D eigenvalue weighted by Crippen LogP contribution is -2.52. The quantitative estimate of drug-likeness (QED) is 0.433. The second-order valence-corrected chi connectivity index (χ2v) is 4.41. The number of carbonyl (C=O) groups is 3. The average Bonchev–Trinajstić information content (AvgIpc) is 2.52. The van der Waals surface area contributed by atoms with Gasteiger partial charge in [0.2, 0.25) is 11.9 Å². The Morgan fingerprint density at radius 2 is 1.55 bits per heavy atom. The van der Waals surface area contributed by atoms with E-state index in [9.17, 15) is 14.4 Å². The number of para-hydroxylation sites is 1. The molecule has 0 aliphatic carbocycles. The number of ether oxygens (including phenoxy) is 2. The summed E-state index contributed by atoms with van der Waals surface area (Å²) in [6.45, 7) is 3.37. The maximum Gasteiger partial charge on any atom is 0.341 e. The molecule has 0 bridgehead atoms. The molecular weight excluding hydrogens is 310 g/mol. The van der Waals surface area contributed by atoms with Crippen molar-refractivity contribution in [3.8, 4) is 0 Å². The normalized spacial score (nSPS) is 10.2. The minimum Gasteiger partial charge on any atom is -0.464 e. The van der Waals surface area contributed by atoms with Gasteiger partial charge in [-0.2, -0.15) is 0 Å². The van der Waals surface area contributed by atoms with Gasteiger partial charge in [-0.3, -0.25) is 9.69 Å². The molecule has 1 aromatic carbocycles. The van der Waals surface area contributed by atoms with Crippen LogP contribution in [0.1, 0.15) is 13.8 Å². The van der Waals surface area contributed by atoms with Gasteiger partial charge in [0.05, 0.1) is 13.2 Å². The van der Waals surface area contributed by atoms with Crippen LogP contribution in [0.4, 0.5) is 5.69 Å². The molecule has 6 nitrogen and oxygen atoms in total. The van der Waals surface area contributed by atoms with Gasteiger partial charge in [0.15, 0.2) is 0 Å². The Hall–Kier alpha value is -2.08. The van der Waals surface area contributed by atoms with Crippen molar-refractivity contribution in [2.75, 3.05) is 24.0 Å². The van der Waals surface area contributed by atoms with Crippen LogP contribution in [-0.2, 0) is 23.9 Å². The number of rotatable bonds is 7. The Bertz CT molecular complexity index is 502. The van der Waals surface area contributed by atoms with E-state index >= 15 is 0 Å². The number of hydrogen-bond donors (Lipinski definition) is 0. The van der Waals surface area contributed by atoms with Crippen molar-refractivity contribution in [2.45, 2.75) is 19.9 Å². The standard InChI is InChI=1S/C15H18ClNO5/c1-3-21-14(19)13(15(20)22-4-2)17(12(18)10-16)11-8-6-5-7-9-11/h5-9,13H,3-4,10H2,1-2H3. The second-order valence-electron chi connectivity index (χ2n) is 4.14. The van der Waals surface area contributed by atoms with Crippen molar-refractivity contribution in [3.05, 3.63) is 30.3 Å². The fourth-order valence-corrected chi connectivity index (χ4v) is 1.97. The lowest BCUT2D eigenvalue weighted by Gasteiger charge is -2.28. The van der Waals surface area contributed by atoms with Crippen molar-refractivity contribution < 1.29 is 23.9 Å². The van der Waals surface area contributed by atoms with Gasteiger partial charge < -0.3 is 9.47 Å². The average molecular weight is 328 g/mol. The minimum atomic E-state index is -1.52. The van der Waals surface area contributed by atoms with E-state index in [-0.39, 0.29) is 19.1 Å². The van der Waals surface area contributed by atoms with Crippen LogP contribution in [-0.4, -0.2) is 43.0 Å². The Morgan fingerprint density at radius 1 is 1.05 bits per heavy atom. The highest BCUT2D eigenvalue weighted by atomic mass is 35.5. The molecule has 0 fully saturated rings. The molecule has 0 N–H and O–H groups in total. The fourth-order valence-electron chi connectivity index (χ4n) is 1.84. The van der Waals surface area contributed by atoms with E-state index in [0.29, 0.717) is 5.69 Å². The molecule has 0 atom stereocenters. The first-order chi connectivity index (χ1) is 10.6. The first-order valence-corrected chi connectivity index (χ1v) is 7.36. The van der Waals surface area contributed by atoms with Crippen LogP contribution >= 0.6 is 11.6 Å². The first kappa shape index (κ1) is 18.0. The molecule has 1 amide bonds. The smallest absolute Gasteiger partial charge is 0.341 e. The molecule has 0 aliphatic heterocycles. The molecule has 0 radical (unpaired) electrons. The van der Waals surface area contributed by atoms with E-state index in [0.717, 1.165) is 4.90 Å². The van der Waals surface area contributed by atoms with Crippen molar-refractivity contribution in [2.24, 2.45) is 0 Å². The van der Waals surface area contributed by atoms with Crippen LogP contribution in [0.25, 0.3) is 0 Å². The first-order valence-electron chi connectivity index (χ1n) is 6.83. The monoisotopic (exact) mass is 327 g/mol. The molecule has 120 valence electrons. The molecule has 0 heterocycles. The van der Waals surface area contributed by atoms with Crippen LogP contribution in [0, 0.1) is 0 Å². The molecule has 0 saturated heterocycles. The Labute approximate surface area is 133 Å². The Kier molecular flexibility index (Phi) is 7.39. The largest absolute Gasteiger partial charge is 0.464 e. The lowest BCUT2D eigenvalue weighted by molar-refractivity contribution is -0.157. The second kappa shape index (κ2) is 9.04. The summed E-state index contributed by atoms with van der Waals surface area (Å²) in [6.07, 6.45) is 0. The summed E-state index contributed by atoms with van der Waals surface area (Å²) in [5.41, 5.74) is 0.360. The molecule has 22 heavy (non-hydrogen) atoms. The van der Waals surface area contributed by atoms with Crippen LogP contribution in [0.5, 0.6) is 0 Å². The number of carbonyl (C=O) groups excluding carboxylic acids is 3. The van der Waals surface area contributed by atoms with Crippen molar-refractivity contribution in [3.63, 3.8) is 0 Å². The summed E-state index contributed by atoms with van der Waals surface area (Å²) in [5, 5.41) is 0. The van der Waals surface area contributed by atoms with E-state index in [4.69, 9.17) is 21.1 Å². The van der Waals surface area contributed by atoms with Gasteiger partial charge in [-0.1, -0.05) is 18.2 Å². The van der Waals surface area contributed by atoms with Crippen molar-refractivity contribution >= 4 is 35.1 Å². The predicted molar refractivity (Wildman–Crippen MR) is 81.7 cm³/mol. The van der Waals surface area contributed by atoms with E-state index in [1.54, 1.807) is 44.2 Å². The molecule has 0 aliphatic rings. The number of hydrogen-bond acceptors (Lipinski definition) is 5. The molecule has 0 saturated carbocycles. The van der Waals surface area contributed by atoms with Crippen molar-refractivity contribution in [1.82, 2.24) is 0 Å². The number of halogens is 1. The van der Waals surface area contributed by atoms with E-state index in [1.165, 1.54) is 0 Å². The summed E-state index contributed by atoms with van der Waals surface area (Å²) in [4.78, 5) is 37.4. The lowest BCUT2D eigenvalue weighted by atomic mass is 10.2. The number of alkyl halides is 1. The van der Waals surface area contributed by atoms with Gasteiger partial charge >= 0.3 is 11.9 Å². The zero-order valence-corrected chi connectivity index (χ0v) is 13.2. The zero-order valence-electron chi connectivity index (χ0n) is 12.5. The van der Waals surface area contributed by atoms with Crippen LogP contribution in [0.15, 0.2) is 30.3 Å². The van der Waals surface area contributed by atoms with Gasteiger partial charge in [0.1, 0.15) is 5.88 Å². The zero-order chi connectivity index (χ0) is 16.5. The van der Waals surface area contributed by atoms with Gasteiger partial charge in [-0.05, 0) is 26.0 Å². The molecule has 0 unspecified atom stereocenters. The third-order valence-corrected chi connectivity index (χ3v) is 2.92. The summed E-state index contributed by atoms with van der Waals surface area (Å²) in [7, 11) is 0. The summed E-state index contributed by atoms with van der Waals surface area (Å²) < 4.78 is 9.78. The fraction of sp³-hybridized carbons (Fsp3) is 0.400. The summed E-state index contributed by atoms with van der Waals surface area (Å²) >= 11 is 5.61. The highest BCUT2D eigenvalue weighted by Gasteiger charge is 2.39. The number of esters is 2. The van der Waals surface area contributed by atoms with E-state index in [1.807, 2.05) is 0 Å². The third-order valence-electron chi connectivity index (χ3n) is 2.70. The van der Waals surface area contributed by atoms with Crippen molar-refractivity contribution in [1.29, 1.82) is 0 Å².